The Morgan fingerprint density at radius 3 is 2.30 bits per heavy atom. The number of rotatable bonds is 3. The lowest BCUT2D eigenvalue weighted by Crippen LogP contribution is -2.41. The third kappa shape index (κ3) is 2.78. The summed E-state index contributed by atoms with van der Waals surface area (Å²) in [5.41, 5.74) is 11.3. The van der Waals surface area contributed by atoms with Crippen LogP contribution in [-0.4, -0.2) is 29.2 Å². The number of primary amides is 1. The summed E-state index contributed by atoms with van der Waals surface area (Å²) < 4.78 is 11.9. The van der Waals surface area contributed by atoms with Crippen molar-refractivity contribution < 1.29 is 14.1 Å². The van der Waals surface area contributed by atoms with E-state index in [1.54, 1.807) is 12.1 Å². The fourth-order valence-corrected chi connectivity index (χ4v) is 2.02. The Labute approximate surface area is 119 Å². The maximum atomic E-state index is 11.0. The zero-order chi connectivity index (χ0) is 15.1. The summed E-state index contributed by atoms with van der Waals surface area (Å²) in [4.78, 5) is 15.1. The molecule has 108 valence electrons. The summed E-state index contributed by atoms with van der Waals surface area (Å²) in [7, 11) is -0.531. The molecule has 1 aliphatic heterocycles. The van der Waals surface area contributed by atoms with E-state index in [0.29, 0.717) is 11.5 Å². The molecule has 0 radical (unpaired) electrons. The van der Waals surface area contributed by atoms with Crippen molar-refractivity contribution in [1.82, 2.24) is 4.98 Å². The number of carbonyl (C=O) groups excluding carboxylic acids is 1. The van der Waals surface area contributed by atoms with E-state index in [-0.39, 0.29) is 6.42 Å². The fraction of sp³-hybridized carbons (Fsp3) is 0.538. The van der Waals surface area contributed by atoms with Crippen LogP contribution in [0.4, 0.5) is 5.82 Å². The monoisotopic (exact) mass is 277 g/mol. The first-order chi connectivity index (χ1) is 9.10. The summed E-state index contributed by atoms with van der Waals surface area (Å²) >= 11 is 0. The molecule has 6 nitrogen and oxygen atoms in total. The Hall–Kier alpha value is -1.60. The maximum Gasteiger partial charge on any atom is 0.495 e. The zero-order valence-electron chi connectivity index (χ0n) is 12.3. The number of hydrogen-bond acceptors (Lipinski definition) is 5. The van der Waals surface area contributed by atoms with Crippen molar-refractivity contribution in [3.8, 4) is 0 Å². The molecule has 1 aromatic rings. The first-order valence-corrected chi connectivity index (χ1v) is 6.51. The number of hydrogen-bond donors (Lipinski definition) is 2. The summed E-state index contributed by atoms with van der Waals surface area (Å²) in [6.45, 7) is 7.90. The number of pyridine rings is 1. The molecule has 0 spiro atoms. The second-order valence-corrected chi connectivity index (χ2v) is 6.05. The van der Waals surface area contributed by atoms with Gasteiger partial charge in [0.05, 0.1) is 23.3 Å². The van der Waals surface area contributed by atoms with E-state index in [9.17, 15) is 4.79 Å². The van der Waals surface area contributed by atoms with Crippen LogP contribution in [0.5, 0.6) is 0 Å². The molecule has 0 aromatic carbocycles. The minimum Gasteiger partial charge on any atom is -0.399 e. The van der Waals surface area contributed by atoms with Crippen LogP contribution in [0.2, 0.25) is 0 Å². The average Bonchev–Trinajstić information content (AvgIpc) is 2.46. The Morgan fingerprint density at radius 1 is 1.25 bits per heavy atom. The van der Waals surface area contributed by atoms with E-state index < -0.39 is 24.2 Å². The predicted octanol–water partition coefficient (Wildman–Crippen LogP) is -0.00920. The molecule has 0 saturated carbocycles. The molecule has 0 aliphatic carbocycles. The number of carbonyl (C=O) groups is 1. The molecule has 4 N–H and O–H groups in total. The Kier molecular flexibility index (Phi) is 3.52. The zero-order valence-corrected chi connectivity index (χ0v) is 12.3. The van der Waals surface area contributed by atoms with Crippen LogP contribution in [0, 0.1) is 0 Å². The number of nitrogens with zero attached hydrogens (tertiary/aromatic N) is 1. The van der Waals surface area contributed by atoms with E-state index in [2.05, 4.69) is 4.98 Å². The van der Waals surface area contributed by atoms with E-state index in [4.69, 9.17) is 20.8 Å². The van der Waals surface area contributed by atoms with E-state index in [1.165, 1.54) is 0 Å². The molecule has 1 aliphatic rings. The first-order valence-electron chi connectivity index (χ1n) is 6.51. The number of nitrogens with two attached hydrogens (primary N) is 2. The van der Waals surface area contributed by atoms with Gasteiger partial charge < -0.3 is 20.8 Å². The molecular weight excluding hydrogens is 257 g/mol. The average molecular weight is 277 g/mol. The lowest BCUT2D eigenvalue weighted by atomic mass is 9.79. The van der Waals surface area contributed by atoms with Crippen LogP contribution in [-0.2, 0) is 20.5 Å². The molecule has 2 heterocycles. The maximum absolute atomic E-state index is 11.0. The number of amides is 1. The highest BCUT2D eigenvalue weighted by atomic mass is 16.7. The molecule has 7 heteroatoms. The van der Waals surface area contributed by atoms with Crippen molar-refractivity contribution in [3.63, 3.8) is 0 Å². The normalized spacial score (nSPS) is 20.1. The van der Waals surface area contributed by atoms with Gasteiger partial charge in [-0.25, -0.2) is 4.98 Å². The van der Waals surface area contributed by atoms with Gasteiger partial charge in [-0.3, -0.25) is 4.79 Å². The van der Waals surface area contributed by atoms with Gasteiger partial charge in [-0.2, -0.15) is 0 Å². The van der Waals surface area contributed by atoms with Crippen LogP contribution >= 0.6 is 0 Å². The molecule has 0 bridgehead atoms. The van der Waals surface area contributed by atoms with E-state index in [1.807, 2.05) is 27.7 Å². The largest absolute Gasteiger partial charge is 0.495 e. The van der Waals surface area contributed by atoms with Crippen molar-refractivity contribution in [3.05, 3.63) is 17.8 Å². The molecular formula is C13H20BN3O3. The standard InChI is InChI=1S/C13H20BN3O3/c1-12(2)13(3,4)20-14(19-12)8-5-9(7-11(16)18)17-10(15)6-8/h5-6H,7H2,1-4H3,(H2,15,17)(H2,16,18). The lowest BCUT2D eigenvalue weighted by Gasteiger charge is -2.32. The summed E-state index contributed by atoms with van der Waals surface area (Å²) in [6, 6.07) is 3.43. The van der Waals surface area contributed by atoms with Crippen molar-refractivity contribution >= 4 is 24.3 Å². The highest BCUT2D eigenvalue weighted by Gasteiger charge is 2.51. The molecule has 1 saturated heterocycles. The molecule has 0 unspecified atom stereocenters. The SMILES string of the molecule is CC1(C)OB(c2cc(N)nc(CC(N)=O)c2)OC1(C)C. The quantitative estimate of drug-likeness (QED) is 0.757. The highest BCUT2D eigenvalue weighted by Crippen LogP contribution is 2.36. The van der Waals surface area contributed by atoms with Crippen molar-refractivity contribution in [2.45, 2.75) is 45.3 Å². The van der Waals surface area contributed by atoms with Crippen molar-refractivity contribution in [2.75, 3.05) is 5.73 Å². The lowest BCUT2D eigenvalue weighted by molar-refractivity contribution is -0.117. The predicted molar refractivity (Wildman–Crippen MR) is 77.3 cm³/mol. The molecule has 0 atom stereocenters. The molecule has 1 amide bonds. The van der Waals surface area contributed by atoms with Gasteiger partial charge in [0.2, 0.25) is 5.91 Å². The first kappa shape index (κ1) is 14.8. The van der Waals surface area contributed by atoms with Crippen molar-refractivity contribution in [1.29, 1.82) is 0 Å². The van der Waals surface area contributed by atoms with Gasteiger partial charge in [0.1, 0.15) is 5.82 Å². The van der Waals surface area contributed by atoms with Gasteiger partial charge >= 0.3 is 7.12 Å². The topological polar surface area (TPSA) is 100 Å². The smallest absolute Gasteiger partial charge is 0.399 e. The summed E-state index contributed by atoms with van der Waals surface area (Å²) in [6.07, 6.45) is 0.0392. The van der Waals surface area contributed by atoms with Gasteiger partial charge in [-0.05, 0) is 45.3 Å². The van der Waals surface area contributed by atoms with Gasteiger partial charge in [-0.1, -0.05) is 0 Å². The molecule has 20 heavy (non-hydrogen) atoms. The number of nitrogen functional groups attached to an aromatic ring is 1. The van der Waals surface area contributed by atoms with Gasteiger partial charge in [-0.15, -0.1) is 0 Å². The Balaban J connectivity index is 2.30. The van der Waals surface area contributed by atoms with Crippen LogP contribution in [0.1, 0.15) is 33.4 Å². The minimum atomic E-state index is -0.531. The highest BCUT2D eigenvalue weighted by molar-refractivity contribution is 6.62. The second kappa shape index (κ2) is 4.75. The van der Waals surface area contributed by atoms with Crippen LogP contribution in [0.3, 0.4) is 0 Å². The molecule has 2 rings (SSSR count). The van der Waals surface area contributed by atoms with Crippen LogP contribution in [0.25, 0.3) is 0 Å². The van der Waals surface area contributed by atoms with Crippen LogP contribution < -0.4 is 16.9 Å². The second-order valence-electron chi connectivity index (χ2n) is 6.05. The van der Waals surface area contributed by atoms with E-state index >= 15 is 0 Å². The third-order valence-corrected chi connectivity index (χ3v) is 3.80. The molecule has 1 fully saturated rings. The summed E-state index contributed by atoms with van der Waals surface area (Å²) in [5, 5.41) is 0. The van der Waals surface area contributed by atoms with Gasteiger partial charge in [0.15, 0.2) is 0 Å². The Morgan fingerprint density at radius 2 is 1.80 bits per heavy atom. The van der Waals surface area contributed by atoms with Crippen molar-refractivity contribution in [2.24, 2.45) is 5.73 Å². The number of aromatic nitrogens is 1. The Bertz CT molecular complexity index is 530. The third-order valence-electron chi connectivity index (χ3n) is 3.80. The molecule has 1 aromatic heterocycles. The van der Waals surface area contributed by atoms with Gasteiger partial charge in [0.25, 0.3) is 0 Å². The minimum absolute atomic E-state index is 0.0392. The van der Waals surface area contributed by atoms with Gasteiger partial charge in [0, 0.05) is 0 Å². The number of anilines is 1. The summed E-state index contributed by atoms with van der Waals surface area (Å²) in [5.74, 6) is -0.142. The van der Waals surface area contributed by atoms with E-state index in [0.717, 1.165) is 5.46 Å². The fourth-order valence-electron chi connectivity index (χ4n) is 2.02. The van der Waals surface area contributed by atoms with Crippen LogP contribution in [0.15, 0.2) is 12.1 Å².